The lowest BCUT2D eigenvalue weighted by Gasteiger charge is -2.41. The third kappa shape index (κ3) is 7.00. The molecule has 2 rings (SSSR count). The highest BCUT2D eigenvalue weighted by Gasteiger charge is 2.31. The molecule has 0 bridgehead atoms. The average molecular weight is 497 g/mol. The third-order valence-corrected chi connectivity index (χ3v) is 8.28. The predicted octanol–water partition coefficient (Wildman–Crippen LogP) is 1.70. The Labute approximate surface area is 204 Å². The lowest BCUT2D eigenvalue weighted by molar-refractivity contribution is -0.124. The molecule has 1 heterocycles. The number of ether oxygens (including phenoxy) is 1. The van der Waals surface area contributed by atoms with Crippen LogP contribution in [0.15, 0.2) is 29.2 Å². The van der Waals surface area contributed by atoms with Crippen molar-refractivity contribution in [2.24, 2.45) is 5.92 Å². The van der Waals surface area contributed by atoms with Crippen molar-refractivity contribution in [2.75, 3.05) is 45.9 Å². The molecule has 2 N–H and O–H groups in total. The van der Waals surface area contributed by atoms with Crippen molar-refractivity contribution in [3.63, 3.8) is 0 Å². The van der Waals surface area contributed by atoms with Gasteiger partial charge in [-0.1, -0.05) is 33.8 Å². The first kappa shape index (κ1) is 28.2. The standard InChI is InChI=1S/C24H40N4O5S/c1-7-28(8-2)34(31,32)20-11-9-10-19(16-20)22(29)26-21(18(3)4)23(30)25-17-24(5,6)27-12-14-33-15-13-27/h9-11,16,18,21H,7-8,12-15,17H2,1-6H3,(H,25,30)(H,26,29)/t21-/m0/s1. The molecule has 2 amide bonds. The van der Waals surface area contributed by atoms with Crippen LogP contribution in [0.3, 0.4) is 0 Å². The van der Waals surface area contributed by atoms with Gasteiger partial charge >= 0.3 is 0 Å². The number of carbonyl (C=O) groups excluding carboxylic acids is 2. The van der Waals surface area contributed by atoms with Crippen LogP contribution in [0.2, 0.25) is 0 Å². The molecule has 1 aliphatic heterocycles. The van der Waals surface area contributed by atoms with Gasteiger partial charge in [-0.2, -0.15) is 4.31 Å². The van der Waals surface area contributed by atoms with Crippen LogP contribution in [0.4, 0.5) is 0 Å². The predicted molar refractivity (Wildman–Crippen MR) is 132 cm³/mol. The van der Waals surface area contributed by atoms with Gasteiger partial charge in [0.05, 0.1) is 18.1 Å². The summed E-state index contributed by atoms with van der Waals surface area (Å²) in [4.78, 5) is 28.3. The number of hydrogen-bond acceptors (Lipinski definition) is 6. The van der Waals surface area contributed by atoms with Crippen molar-refractivity contribution in [3.05, 3.63) is 29.8 Å². The molecule has 0 unspecified atom stereocenters. The van der Waals surface area contributed by atoms with Crippen molar-refractivity contribution in [2.45, 2.75) is 58.0 Å². The zero-order valence-electron chi connectivity index (χ0n) is 21.3. The zero-order chi connectivity index (χ0) is 25.5. The molecule has 1 aromatic carbocycles. The van der Waals surface area contributed by atoms with Crippen molar-refractivity contribution in [1.29, 1.82) is 0 Å². The second-order valence-electron chi connectivity index (χ2n) is 9.44. The van der Waals surface area contributed by atoms with Crippen LogP contribution in [0.1, 0.15) is 51.9 Å². The van der Waals surface area contributed by atoms with E-state index in [1.807, 2.05) is 13.8 Å². The number of nitrogens with zero attached hydrogens (tertiary/aromatic N) is 2. The largest absolute Gasteiger partial charge is 0.379 e. The molecular formula is C24H40N4O5S. The number of sulfonamides is 1. The fourth-order valence-electron chi connectivity index (χ4n) is 3.96. The second-order valence-corrected chi connectivity index (χ2v) is 11.4. The van der Waals surface area contributed by atoms with E-state index in [2.05, 4.69) is 29.4 Å². The Bertz CT molecular complexity index is 938. The summed E-state index contributed by atoms with van der Waals surface area (Å²) < 4.78 is 32.4. The molecule has 9 nitrogen and oxygen atoms in total. The highest BCUT2D eigenvalue weighted by molar-refractivity contribution is 7.89. The van der Waals surface area contributed by atoms with E-state index in [-0.39, 0.29) is 27.8 Å². The average Bonchev–Trinajstić information content (AvgIpc) is 2.82. The summed E-state index contributed by atoms with van der Waals surface area (Å²) in [5.41, 5.74) is -0.0571. The molecule has 0 spiro atoms. The molecule has 0 saturated carbocycles. The minimum atomic E-state index is -3.69. The van der Waals surface area contributed by atoms with Gasteiger partial charge in [0, 0.05) is 43.8 Å². The molecule has 1 aliphatic rings. The summed E-state index contributed by atoms with van der Waals surface area (Å²) in [7, 11) is -3.69. The fourth-order valence-corrected chi connectivity index (χ4v) is 5.47. The summed E-state index contributed by atoms with van der Waals surface area (Å²) in [6.45, 7) is 15.5. The van der Waals surface area contributed by atoms with Gasteiger partial charge in [-0.25, -0.2) is 8.42 Å². The Kier molecular flexibility index (Phi) is 10.0. The molecular weight excluding hydrogens is 456 g/mol. The molecule has 0 aromatic heterocycles. The Morgan fingerprint density at radius 2 is 1.76 bits per heavy atom. The lowest BCUT2D eigenvalue weighted by Crippen LogP contribution is -2.58. The number of carbonyl (C=O) groups is 2. The number of hydrogen-bond donors (Lipinski definition) is 2. The number of benzene rings is 1. The minimum Gasteiger partial charge on any atom is -0.379 e. The summed E-state index contributed by atoms with van der Waals surface area (Å²) >= 11 is 0. The highest BCUT2D eigenvalue weighted by Crippen LogP contribution is 2.18. The zero-order valence-corrected chi connectivity index (χ0v) is 22.1. The Hall–Kier alpha value is -2.01. The molecule has 1 atom stereocenters. The second kappa shape index (κ2) is 12.1. The molecule has 1 aromatic rings. The topological polar surface area (TPSA) is 108 Å². The van der Waals surface area contributed by atoms with Crippen LogP contribution < -0.4 is 10.6 Å². The van der Waals surface area contributed by atoms with Crippen molar-refractivity contribution in [3.8, 4) is 0 Å². The maximum atomic E-state index is 13.0. The third-order valence-electron chi connectivity index (χ3n) is 6.24. The highest BCUT2D eigenvalue weighted by atomic mass is 32.2. The monoisotopic (exact) mass is 496 g/mol. The molecule has 10 heteroatoms. The van der Waals surface area contributed by atoms with Gasteiger partial charge in [0.25, 0.3) is 5.91 Å². The van der Waals surface area contributed by atoms with E-state index in [9.17, 15) is 18.0 Å². The lowest BCUT2D eigenvalue weighted by atomic mass is 9.99. The van der Waals surface area contributed by atoms with Gasteiger partial charge in [0.1, 0.15) is 6.04 Å². The molecule has 1 fully saturated rings. The van der Waals surface area contributed by atoms with E-state index >= 15 is 0 Å². The summed E-state index contributed by atoms with van der Waals surface area (Å²) in [6, 6.07) is 5.18. The quantitative estimate of drug-likeness (QED) is 0.483. The SMILES string of the molecule is CCN(CC)S(=O)(=O)c1cccc(C(=O)N[C@H](C(=O)NCC(C)(C)N2CCOCC2)C(C)C)c1. The molecule has 0 aliphatic carbocycles. The van der Waals surface area contributed by atoms with Gasteiger partial charge in [-0.3, -0.25) is 14.5 Å². The maximum Gasteiger partial charge on any atom is 0.251 e. The molecule has 1 saturated heterocycles. The number of rotatable bonds is 11. The first-order chi connectivity index (χ1) is 15.9. The fraction of sp³-hybridized carbons (Fsp3) is 0.667. The Morgan fingerprint density at radius 1 is 1.15 bits per heavy atom. The van der Waals surface area contributed by atoms with Gasteiger partial charge in [0.2, 0.25) is 15.9 Å². The van der Waals surface area contributed by atoms with Gasteiger partial charge in [0.15, 0.2) is 0 Å². The Morgan fingerprint density at radius 3 is 2.32 bits per heavy atom. The van der Waals surface area contributed by atoms with E-state index in [1.54, 1.807) is 26.0 Å². The first-order valence-electron chi connectivity index (χ1n) is 12.0. The number of morpholine rings is 1. The smallest absolute Gasteiger partial charge is 0.251 e. The summed E-state index contributed by atoms with van der Waals surface area (Å²) in [5, 5.41) is 5.78. The molecule has 0 radical (unpaired) electrons. The van der Waals surface area contributed by atoms with Crippen LogP contribution in [0.25, 0.3) is 0 Å². The van der Waals surface area contributed by atoms with E-state index < -0.39 is 22.0 Å². The van der Waals surface area contributed by atoms with E-state index in [4.69, 9.17) is 4.74 Å². The molecule has 192 valence electrons. The maximum absolute atomic E-state index is 13.0. The van der Waals surface area contributed by atoms with Crippen molar-refractivity contribution in [1.82, 2.24) is 19.8 Å². The first-order valence-corrected chi connectivity index (χ1v) is 13.4. The van der Waals surface area contributed by atoms with E-state index in [1.165, 1.54) is 16.4 Å². The van der Waals surface area contributed by atoms with Crippen LogP contribution in [0, 0.1) is 5.92 Å². The van der Waals surface area contributed by atoms with Gasteiger partial charge in [-0.15, -0.1) is 0 Å². The van der Waals surface area contributed by atoms with Crippen LogP contribution in [0.5, 0.6) is 0 Å². The van der Waals surface area contributed by atoms with Gasteiger partial charge in [-0.05, 0) is 38.0 Å². The van der Waals surface area contributed by atoms with Crippen LogP contribution in [-0.2, 0) is 19.6 Å². The van der Waals surface area contributed by atoms with Crippen molar-refractivity contribution < 1.29 is 22.7 Å². The minimum absolute atomic E-state index is 0.0571. The number of nitrogens with one attached hydrogen (secondary N) is 2. The van der Waals surface area contributed by atoms with Crippen molar-refractivity contribution >= 4 is 21.8 Å². The van der Waals surface area contributed by atoms with Gasteiger partial charge < -0.3 is 15.4 Å². The van der Waals surface area contributed by atoms with E-state index in [0.29, 0.717) is 32.8 Å². The molecule has 34 heavy (non-hydrogen) atoms. The normalized spacial score (nSPS) is 16.5. The van der Waals surface area contributed by atoms with E-state index in [0.717, 1.165) is 13.1 Å². The summed E-state index contributed by atoms with van der Waals surface area (Å²) in [6.07, 6.45) is 0. The Balaban J connectivity index is 2.10. The van der Waals surface area contributed by atoms with Crippen LogP contribution >= 0.6 is 0 Å². The summed E-state index contributed by atoms with van der Waals surface area (Å²) in [5.74, 6) is -0.910. The van der Waals surface area contributed by atoms with Crippen LogP contribution in [-0.4, -0.2) is 87.0 Å². The number of amides is 2.